The first kappa shape index (κ1) is 24.6. The van der Waals surface area contributed by atoms with Crippen molar-refractivity contribution in [2.75, 3.05) is 6.61 Å². The molecule has 0 unspecified atom stereocenters. The quantitative estimate of drug-likeness (QED) is 0.576. The number of nitrogens with one attached hydrogen (secondary N) is 1. The Hall–Kier alpha value is -2.01. The second-order valence-electron chi connectivity index (χ2n) is 8.30. The topological polar surface area (TPSA) is 117 Å². The summed E-state index contributed by atoms with van der Waals surface area (Å²) >= 11 is 0. The minimum Gasteiger partial charge on any atom is -0.463 e. The summed E-state index contributed by atoms with van der Waals surface area (Å²) < 4.78 is 51.3. The van der Waals surface area contributed by atoms with Crippen LogP contribution >= 0.6 is 0 Å². The van der Waals surface area contributed by atoms with E-state index < -0.39 is 46.5 Å². The molecule has 0 bridgehead atoms. The fourth-order valence-electron chi connectivity index (χ4n) is 4.04. The van der Waals surface area contributed by atoms with Crippen LogP contribution in [-0.4, -0.2) is 57.6 Å². The van der Waals surface area contributed by atoms with Gasteiger partial charge in [-0.25, -0.2) is 13.1 Å². The van der Waals surface area contributed by atoms with Gasteiger partial charge in [0.1, 0.15) is 18.8 Å². The highest BCUT2D eigenvalue weighted by Crippen LogP contribution is 2.30. The fraction of sp³-hybridized carbons (Fsp3) is 0.636. The predicted octanol–water partition coefficient (Wildman–Crippen LogP) is 2.21. The summed E-state index contributed by atoms with van der Waals surface area (Å²) in [4.78, 5) is 23.2. The molecule has 1 aliphatic heterocycles. The van der Waals surface area contributed by atoms with E-state index in [1.165, 1.54) is 26.0 Å². The largest absolute Gasteiger partial charge is 0.463 e. The van der Waals surface area contributed by atoms with Crippen LogP contribution < -0.4 is 4.72 Å². The monoisotopic (exact) mass is 469 g/mol. The van der Waals surface area contributed by atoms with Crippen LogP contribution in [0.25, 0.3) is 0 Å². The van der Waals surface area contributed by atoms with Crippen LogP contribution in [0.15, 0.2) is 29.2 Å². The standard InChI is InChI=1S/C22H31NO8S/c1-14-8-10-18(11-9-14)32(26,27)23-19-12-21(30-17-6-4-5-7-17)31-20(13-28-15(2)24)22(19)29-16(3)25/h8-11,17,19-23H,4-7,12-13H2,1-3H3/t19-,20+,21-,22-/m0/s1. The van der Waals surface area contributed by atoms with Crippen LogP contribution in [0, 0.1) is 6.92 Å². The Kier molecular flexibility index (Phi) is 8.26. The molecule has 1 heterocycles. The Bertz CT molecular complexity index is 895. The molecule has 32 heavy (non-hydrogen) atoms. The van der Waals surface area contributed by atoms with Crippen LogP contribution in [0.3, 0.4) is 0 Å². The van der Waals surface area contributed by atoms with E-state index in [2.05, 4.69) is 4.72 Å². The molecule has 1 N–H and O–H groups in total. The first-order valence-corrected chi connectivity index (χ1v) is 12.3. The van der Waals surface area contributed by atoms with Crippen molar-refractivity contribution in [2.24, 2.45) is 0 Å². The summed E-state index contributed by atoms with van der Waals surface area (Å²) in [5, 5.41) is 0. The van der Waals surface area contributed by atoms with Crippen molar-refractivity contribution in [3.8, 4) is 0 Å². The third-order valence-electron chi connectivity index (χ3n) is 5.57. The van der Waals surface area contributed by atoms with Gasteiger partial charge in [0.15, 0.2) is 6.29 Å². The van der Waals surface area contributed by atoms with Crippen molar-refractivity contribution in [2.45, 2.75) is 88.4 Å². The number of hydrogen-bond acceptors (Lipinski definition) is 8. The van der Waals surface area contributed by atoms with Crippen LogP contribution in [0.1, 0.15) is 51.5 Å². The van der Waals surface area contributed by atoms with Crippen LogP contribution in [0.4, 0.5) is 0 Å². The molecule has 178 valence electrons. The molecule has 0 amide bonds. The van der Waals surface area contributed by atoms with Gasteiger partial charge >= 0.3 is 11.9 Å². The first-order valence-electron chi connectivity index (χ1n) is 10.8. The third-order valence-corrected chi connectivity index (χ3v) is 7.08. The smallest absolute Gasteiger partial charge is 0.303 e. The summed E-state index contributed by atoms with van der Waals surface area (Å²) in [7, 11) is -3.91. The lowest BCUT2D eigenvalue weighted by atomic mass is 9.99. The van der Waals surface area contributed by atoms with Gasteiger partial charge in [-0.3, -0.25) is 9.59 Å². The minimum atomic E-state index is -3.91. The molecule has 1 saturated carbocycles. The number of esters is 2. The second-order valence-corrected chi connectivity index (χ2v) is 10.0. The fourth-order valence-corrected chi connectivity index (χ4v) is 5.30. The highest BCUT2D eigenvalue weighted by atomic mass is 32.2. The Morgan fingerprint density at radius 1 is 1.09 bits per heavy atom. The van der Waals surface area contributed by atoms with Crippen LogP contribution in [0.5, 0.6) is 0 Å². The molecular weight excluding hydrogens is 438 g/mol. The van der Waals surface area contributed by atoms with E-state index in [9.17, 15) is 18.0 Å². The number of ether oxygens (including phenoxy) is 4. The zero-order valence-electron chi connectivity index (χ0n) is 18.6. The molecule has 9 nitrogen and oxygen atoms in total. The molecule has 1 aliphatic carbocycles. The summed E-state index contributed by atoms with van der Waals surface area (Å²) in [5.74, 6) is -1.12. The number of carbonyl (C=O) groups is 2. The van der Waals surface area contributed by atoms with Gasteiger partial charge in [0.2, 0.25) is 10.0 Å². The molecule has 2 fully saturated rings. The minimum absolute atomic E-state index is 0.0222. The SMILES string of the molecule is CC(=O)OC[C@H]1O[C@H](OC2CCCC2)C[C@H](NS(=O)(=O)c2ccc(C)cc2)[C@@H]1OC(C)=O. The van der Waals surface area contributed by atoms with Gasteiger partial charge < -0.3 is 18.9 Å². The number of rotatable bonds is 8. The van der Waals surface area contributed by atoms with E-state index >= 15 is 0 Å². The molecule has 0 spiro atoms. The van der Waals surface area contributed by atoms with Gasteiger partial charge in [0.05, 0.1) is 17.0 Å². The highest BCUT2D eigenvalue weighted by Gasteiger charge is 2.44. The summed E-state index contributed by atoms with van der Waals surface area (Å²) in [6.07, 6.45) is 1.51. The Labute approximate surface area is 188 Å². The first-order chi connectivity index (χ1) is 15.1. The maximum absolute atomic E-state index is 13.0. The normalized spacial score (nSPS) is 26.6. The van der Waals surface area contributed by atoms with Crippen molar-refractivity contribution in [3.05, 3.63) is 29.8 Å². The number of sulfonamides is 1. The molecule has 1 aromatic carbocycles. The molecule has 0 radical (unpaired) electrons. The second kappa shape index (κ2) is 10.7. The third kappa shape index (κ3) is 6.74. The molecule has 4 atom stereocenters. The predicted molar refractivity (Wildman–Crippen MR) is 114 cm³/mol. The van der Waals surface area contributed by atoms with Crippen molar-refractivity contribution in [1.82, 2.24) is 4.72 Å². The van der Waals surface area contributed by atoms with Crippen molar-refractivity contribution < 1.29 is 37.0 Å². The molecular formula is C22H31NO8S. The average Bonchev–Trinajstić information content (AvgIpc) is 3.21. The lowest BCUT2D eigenvalue weighted by Crippen LogP contribution is -2.59. The molecule has 3 rings (SSSR count). The number of aryl methyl sites for hydroxylation is 1. The highest BCUT2D eigenvalue weighted by molar-refractivity contribution is 7.89. The Morgan fingerprint density at radius 2 is 1.75 bits per heavy atom. The average molecular weight is 470 g/mol. The summed E-state index contributed by atoms with van der Waals surface area (Å²) in [5.41, 5.74) is 0.930. The lowest BCUT2D eigenvalue weighted by molar-refractivity contribution is -0.255. The van der Waals surface area contributed by atoms with Crippen molar-refractivity contribution >= 4 is 22.0 Å². The van der Waals surface area contributed by atoms with Crippen molar-refractivity contribution in [3.63, 3.8) is 0 Å². The molecule has 1 saturated heterocycles. The van der Waals surface area contributed by atoms with E-state index in [0.29, 0.717) is 0 Å². The van der Waals surface area contributed by atoms with Gasteiger partial charge in [0.25, 0.3) is 0 Å². The Morgan fingerprint density at radius 3 is 2.34 bits per heavy atom. The van der Waals surface area contributed by atoms with Crippen LogP contribution in [0.2, 0.25) is 0 Å². The molecule has 10 heteroatoms. The van der Waals surface area contributed by atoms with Gasteiger partial charge in [-0.05, 0) is 31.9 Å². The summed E-state index contributed by atoms with van der Waals surface area (Å²) in [6.45, 7) is 4.16. The number of benzene rings is 1. The molecule has 1 aromatic rings. The van der Waals surface area contributed by atoms with E-state index in [4.69, 9.17) is 18.9 Å². The van der Waals surface area contributed by atoms with E-state index in [1.54, 1.807) is 12.1 Å². The Balaban J connectivity index is 1.84. The lowest BCUT2D eigenvalue weighted by Gasteiger charge is -2.41. The summed E-state index contributed by atoms with van der Waals surface area (Å²) in [6, 6.07) is 5.61. The van der Waals surface area contributed by atoms with Gasteiger partial charge in [-0.1, -0.05) is 30.5 Å². The zero-order valence-corrected chi connectivity index (χ0v) is 19.4. The van der Waals surface area contributed by atoms with Gasteiger partial charge in [0, 0.05) is 20.3 Å². The molecule has 2 aliphatic rings. The van der Waals surface area contributed by atoms with Crippen LogP contribution in [-0.2, 0) is 38.6 Å². The van der Waals surface area contributed by atoms with E-state index in [-0.39, 0.29) is 24.0 Å². The number of hydrogen-bond donors (Lipinski definition) is 1. The zero-order chi connectivity index (χ0) is 23.3. The van der Waals surface area contributed by atoms with E-state index in [0.717, 1.165) is 31.2 Å². The molecule has 0 aromatic heterocycles. The maximum Gasteiger partial charge on any atom is 0.303 e. The van der Waals surface area contributed by atoms with Gasteiger partial charge in [-0.2, -0.15) is 0 Å². The van der Waals surface area contributed by atoms with E-state index in [1.807, 2.05) is 6.92 Å². The maximum atomic E-state index is 13.0. The number of carbonyl (C=O) groups excluding carboxylic acids is 2. The van der Waals surface area contributed by atoms with Gasteiger partial charge in [-0.15, -0.1) is 0 Å². The van der Waals surface area contributed by atoms with Crippen molar-refractivity contribution in [1.29, 1.82) is 0 Å².